The summed E-state index contributed by atoms with van der Waals surface area (Å²) in [6, 6.07) is 3.16. The van der Waals surface area contributed by atoms with Crippen molar-refractivity contribution in [3.8, 4) is 0 Å². The van der Waals surface area contributed by atoms with Crippen molar-refractivity contribution in [1.29, 1.82) is 0 Å². The van der Waals surface area contributed by atoms with Gasteiger partial charge in [-0.05, 0) is 32.4 Å². The lowest BCUT2D eigenvalue weighted by atomic mass is 9.82. The van der Waals surface area contributed by atoms with Gasteiger partial charge in [0.15, 0.2) is 0 Å². The number of carbonyl (C=O) groups is 2. The van der Waals surface area contributed by atoms with Crippen molar-refractivity contribution in [1.82, 2.24) is 9.80 Å². The van der Waals surface area contributed by atoms with Gasteiger partial charge in [-0.15, -0.1) is 0 Å². The summed E-state index contributed by atoms with van der Waals surface area (Å²) < 4.78 is 45.8. The number of fused-ring (bicyclic) bond motifs is 3. The predicted molar refractivity (Wildman–Crippen MR) is 93.9 cm³/mol. The van der Waals surface area contributed by atoms with E-state index in [-0.39, 0.29) is 31.8 Å². The topological polar surface area (TPSA) is 70.1 Å². The van der Waals surface area contributed by atoms with Gasteiger partial charge >= 0.3 is 12.3 Å². The molecule has 2 unspecified atom stereocenters. The summed E-state index contributed by atoms with van der Waals surface area (Å²) >= 11 is 0. The van der Waals surface area contributed by atoms with Crippen molar-refractivity contribution in [2.45, 2.75) is 44.5 Å². The minimum Gasteiger partial charge on any atom is -0.444 e. The minimum absolute atomic E-state index is 0.103. The number of β-amino-alcohol motifs (C(OH)–C–C–N with tert-alkyl or cyclic N) is 1. The van der Waals surface area contributed by atoms with Crippen LogP contribution in [0, 0.1) is 0 Å². The third-order valence-corrected chi connectivity index (χ3v) is 4.96. The molecule has 0 bridgehead atoms. The number of aliphatic hydroxyl groups excluding tert-OH is 1. The lowest BCUT2D eigenvalue weighted by Crippen LogP contribution is -2.50. The van der Waals surface area contributed by atoms with E-state index in [9.17, 15) is 27.9 Å². The summed E-state index contributed by atoms with van der Waals surface area (Å²) in [6.07, 6.45) is -5.26. The summed E-state index contributed by atoms with van der Waals surface area (Å²) in [4.78, 5) is 28.0. The summed E-state index contributed by atoms with van der Waals surface area (Å²) in [6.45, 7) is 4.96. The maximum atomic E-state index is 13.5. The second-order valence-corrected chi connectivity index (χ2v) is 8.05. The fourth-order valence-corrected chi connectivity index (χ4v) is 3.91. The van der Waals surface area contributed by atoms with Gasteiger partial charge in [0.05, 0.1) is 23.8 Å². The SMILES string of the molecule is CC(C)(C)OC(=O)N1CC2c3cccc(C(F)(F)F)c3C(=O)N(CCO)C2C1. The summed E-state index contributed by atoms with van der Waals surface area (Å²) in [5.41, 5.74) is -1.82. The van der Waals surface area contributed by atoms with Gasteiger partial charge in [-0.3, -0.25) is 4.79 Å². The Labute approximate surface area is 160 Å². The summed E-state index contributed by atoms with van der Waals surface area (Å²) in [5.74, 6) is -1.25. The van der Waals surface area contributed by atoms with Crippen molar-refractivity contribution in [2.24, 2.45) is 0 Å². The number of ether oxygens (including phenoxy) is 1. The zero-order valence-electron chi connectivity index (χ0n) is 15.9. The van der Waals surface area contributed by atoms with Crippen LogP contribution in [0.1, 0.15) is 48.2 Å². The van der Waals surface area contributed by atoms with E-state index in [0.29, 0.717) is 0 Å². The highest BCUT2D eigenvalue weighted by Gasteiger charge is 2.49. The molecule has 9 heteroatoms. The molecule has 2 aliphatic rings. The van der Waals surface area contributed by atoms with Crippen LogP contribution in [0.5, 0.6) is 0 Å². The van der Waals surface area contributed by atoms with Crippen molar-refractivity contribution in [2.75, 3.05) is 26.2 Å². The van der Waals surface area contributed by atoms with Gasteiger partial charge in [-0.1, -0.05) is 12.1 Å². The standard InChI is InChI=1S/C19H23F3N2O4/c1-18(2,3)28-17(27)23-9-12-11-5-4-6-13(19(20,21)22)15(11)16(26)24(7-8-25)14(12)10-23/h4-6,12,14,25H,7-10H2,1-3H3. The normalized spacial score (nSPS) is 22.2. The van der Waals surface area contributed by atoms with Crippen LogP contribution in [-0.2, 0) is 10.9 Å². The lowest BCUT2D eigenvalue weighted by molar-refractivity contribution is -0.138. The second kappa shape index (κ2) is 6.95. The highest BCUT2D eigenvalue weighted by atomic mass is 19.4. The number of rotatable bonds is 2. The number of carbonyl (C=O) groups excluding carboxylic acids is 2. The molecule has 154 valence electrons. The van der Waals surface area contributed by atoms with Crippen LogP contribution in [0.2, 0.25) is 0 Å². The molecule has 3 rings (SSSR count). The first-order valence-electron chi connectivity index (χ1n) is 9.04. The van der Waals surface area contributed by atoms with Gasteiger partial charge in [0, 0.05) is 25.6 Å². The molecule has 0 aliphatic carbocycles. The van der Waals surface area contributed by atoms with Crippen LogP contribution in [0.4, 0.5) is 18.0 Å². The molecule has 0 aromatic heterocycles. The molecule has 1 N–H and O–H groups in total. The maximum Gasteiger partial charge on any atom is 0.417 e. The Balaban J connectivity index is 2.02. The maximum absolute atomic E-state index is 13.5. The van der Waals surface area contributed by atoms with Crippen LogP contribution >= 0.6 is 0 Å². The molecule has 0 radical (unpaired) electrons. The van der Waals surface area contributed by atoms with Crippen molar-refractivity contribution >= 4 is 12.0 Å². The first kappa shape index (κ1) is 20.4. The largest absolute Gasteiger partial charge is 0.444 e. The Hall–Kier alpha value is -2.29. The molecule has 2 atom stereocenters. The molecule has 1 aromatic rings. The molecule has 1 aromatic carbocycles. The molecule has 0 saturated carbocycles. The van der Waals surface area contributed by atoms with E-state index in [2.05, 4.69) is 0 Å². The number of amides is 2. The highest BCUT2D eigenvalue weighted by molar-refractivity contribution is 5.99. The summed E-state index contributed by atoms with van der Waals surface area (Å²) in [7, 11) is 0. The van der Waals surface area contributed by atoms with Crippen LogP contribution in [-0.4, -0.2) is 64.8 Å². The Morgan fingerprint density at radius 2 is 1.93 bits per heavy atom. The predicted octanol–water partition coefficient (Wildman–Crippen LogP) is 2.86. The van der Waals surface area contributed by atoms with E-state index in [4.69, 9.17) is 4.74 Å². The lowest BCUT2D eigenvalue weighted by Gasteiger charge is -2.38. The van der Waals surface area contributed by atoms with E-state index in [1.807, 2.05) is 0 Å². The van der Waals surface area contributed by atoms with E-state index in [1.165, 1.54) is 21.9 Å². The number of aliphatic hydroxyl groups is 1. The molecule has 2 aliphatic heterocycles. The van der Waals surface area contributed by atoms with Crippen LogP contribution in [0.25, 0.3) is 0 Å². The molecule has 2 heterocycles. The van der Waals surface area contributed by atoms with Crippen molar-refractivity contribution in [3.05, 3.63) is 34.9 Å². The van der Waals surface area contributed by atoms with E-state index in [1.54, 1.807) is 20.8 Å². The molecule has 28 heavy (non-hydrogen) atoms. The van der Waals surface area contributed by atoms with E-state index >= 15 is 0 Å². The fourth-order valence-electron chi connectivity index (χ4n) is 3.91. The first-order chi connectivity index (χ1) is 12.9. The molecule has 2 amide bonds. The van der Waals surface area contributed by atoms with Crippen LogP contribution < -0.4 is 0 Å². The third kappa shape index (κ3) is 3.67. The van der Waals surface area contributed by atoms with E-state index < -0.39 is 46.9 Å². The Morgan fingerprint density at radius 3 is 2.50 bits per heavy atom. The molecule has 6 nitrogen and oxygen atoms in total. The number of hydrogen-bond acceptors (Lipinski definition) is 4. The third-order valence-electron chi connectivity index (χ3n) is 4.96. The number of likely N-dealkylation sites (tertiary alicyclic amines) is 1. The van der Waals surface area contributed by atoms with Crippen molar-refractivity contribution < 1.29 is 32.6 Å². The minimum atomic E-state index is -4.68. The Kier molecular flexibility index (Phi) is 5.07. The smallest absolute Gasteiger partial charge is 0.417 e. The summed E-state index contributed by atoms with van der Waals surface area (Å²) in [5, 5.41) is 9.34. The van der Waals surface area contributed by atoms with Gasteiger partial charge in [0.25, 0.3) is 5.91 Å². The number of hydrogen-bond donors (Lipinski definition) is 1. The highest BCUT2D eigenvalue weighted by Crippen LogP contribution is 2.43. The van der Waals surface area contributed by atoms with Crippen LogP contribution in [0.15, 0.2) is 18.2 Å². The number of halogens is 3. The van der Waals surface area contributed by atoms with Gasteiger partial charge in [-0.2, -0.15) is 13.2 Å². The van der Waals surface area contributed by atoms with Gasteiger partial charge in [-0.25, -0.2) is 4.79 Å². The number of nitrogens with zero attached hydrogens (tertiary/aromatic N) is 2. The zero-order valence-corrected chi connectivity index (χ0v) is 15.9. The second-order valence-electron chi connectivity index (χ2n) is 8.05. The monoisotopic (exact) mass is 400 g/mol. The molecule has 1 saturated heterocycles. The number of benzene rings is 1. The zero-order chi connectivity index (χ0) is 20.9. The fraction of sp³-hybridized carbons (Fsp3) is 0.579. The van der Waals surface area contributed by atoms with E-state index in [0.717, 1.165) is 6.07 Å². The van der Waals surface area contributed by atoms with Gasteiger partial charge < -0.3 is 19.6 Å². The Morgan fingerprint density at radius 1 is 1.25 bits per heavy atom. The Bertz CT molecular complexity index is 788. The first-order valence-corrected chi connectivity index (χ1v) is 9.04. The van der Waals surface area contributed by atoms with Crippen LogP contribution in [0.3, 0.4) is 0 Å². The molecular formula is C19H23F3N2O4. The molecule has 1 fully saturated rings. The molecule has 0 spiro atoms. The quantitative estimate of drug-likeness (QED) is 0.829. The van der Waals surface area contributed by atoms with Crippen molar-refractivity contribution in [3.63, 3.8) is 0 Å². The number of alkyl halides is 3. The average molecular weight is 400 g/mol. The average Bonchev–Trinajstić information content (AvgIpc) is 3.01. The van der Waals surface area contributed by atoms with Gasteiger partial charge in [0.2, 0.25) is 0 Å². The van der Waals surface area contributed by atoms with Gasteiger partial charge in [0.1, 0.15) is 5.60 Å². The molecular weight excluding hydrogens is 377 g/mol.